The van der Waals surface area contributed by atoms with Crippen LogP contribution in [0, 0.1) is 6.92 Å². The minimum absolute atomic E-state index is 0.0562. The van der Waals surface area contributed by atoms with Crippen LogP contribution < -0.4 is 5.73 Å². The molecule has 0 radical (unpaired) electrons. The van der Waals surface area contributed by atoms with Gasteiger partial charge < -0.3 is 5.73 Å². The Morgan fingerprint density at radius 2 is 2.00 bits per heavy atom. The molecule has 2 aromatic rings. The molecule has 4 heteroatoms. The van der Waals surface area contributed by atoms with Gasteiger partial charge in [0.05, 0.1) is 5.01 Å². The van der Waals surface area contributed by atoms with E-state index in [1.54, 1.807) is 29.6 Å². The van der Waals surface area contributed by atoms with Crippen LogP contribution in [0.15, 0.2) is 29.6 Å². The number of hydrogen-bond acceptors (Lipinski definition) is 4. The number of ketones is 1. The summed E-state index contributed by atoms with van der Waals surface area (Å²) < 4.78 is 0. The van der Waals surface area contributed by atoms with Crippen molar-refractivity contribution in [2.24, 2.45) is 0 Å². The average Bonchev–Trinajstić information content (AvgIpc) is 2.65. The van der Waals surface area contributed by atoms with E-state index in [1.165, 1.54) is 11.3 Å². The van der Waals surface area contributed by atoms with Crippen LogP contribution in [-0.4, -0.2) is 10.8 Å². The molecule has 0 aliphatic carbocycles. The van der Waals surface area contributed by atoms with Crippen LogP contribution in [0.25, 0.3) is 0 Å². The van der Waals surface area contributed by atoms with E-state index in [0.717, 1.165) is 5.01 Å². The highest BCUT2D eigenvalue weighted by Crippen LogP contribution is 2.14. The van der Waals surface area contributed by atoms with Gasteiger partial charge in [-0.2, -0.15) is 0 Å². The summed E-state index contributed by atoms with van der Waals surface area (Å²) in [6.07, 6.45) is 0. The summed E-state index contributed by atoms with van der Waals surface area (Å²) in [6, 6.07) is 6.86. The van der Waals surface area contributed by atoms with Gasteiger partial charge in [0.1, 0.15) is 5.69 Å². The molecule has 2 rings (SSSR count). The number of nitrogen functional groups attached to an aromatic ring is 1. The first kappa shape index (κ1) is 9.86. The van der Waals surface area contributed by atoms with E-state index in [2.05, 4.69) is 4.98 Å². The fraction of sp³-hybridized carbons (Fsp3) is 0.0909. The smallest absolute Gasteiger partial charge is 0.212 e. The number of nitrogens with two attached hydrogens (primary N) is 1. The predicted octanol–water partition coefficient (Wildman–Crippen LogP) is 2.26. The number of carbonyl (C=O) groups excluding carboxylic acids is 1. The highest BCUT2D eigenvalue weighted by Gasteiger charge is 2.11. The van der Waals surface area contributed by atoms with Crippen molar-refractivity contribution in [3.8, 4) is 0 Å². The number of aromatic nitrogens is 1. The molecular weight excluding hydrogens is 208 g/mol. The Bertz CT molecular complexity index is 488. The van der Waals surface area contributed by atoms with Gasteiger partial charge >= 0.3 is 0 Å². The highest BCUT2D eigenvalue weighted by molar-refractivity contribution is 7.09. The Kier molecular flexibility index (Phi) is 2.51. The average molecular weight is 218 g/mol. The van der Waals surface area contributed by atoms with Crippen molar-refractivity contribution in [2.45, 2.75) is 6.92 Å². The van der Waals surface area contributed by atoms with Crippen LogP contribution >= 0.6 is 11.3 Å². The van der Waals surface area contributed by atoms with Gasteiger partial charge in [-0.3, -0.25) is 4.79 Å². The van der Waals surface area contributed by atoms with Crippen molar-refractivity contribution in [2.75, 3.05) is 5.73 Å². The molecule has 1 aromatic carbocycles. The molecule has 0 saturated carbocycles. The molecule has 0 spiro atoms. The number of rotatable bonds is 2. The normalized spacial score (nSPS) is 10.2. The first-order chi connectivity index (χ1) is 7.16. The van der Waals surface area contributed by atoms with Gasteiger partial charge in [-0.15, -0.1) is 11.3 Å². The fourth-order valence-corrected chi connectivity index (χ4v) is 1.84. The summed E-state index contributed by atoms with van der Waals surface area (Å²) in [4.78, 5) is 16.0. The topological polar surface area (TPSA) is 56.0 Å². The second-order valence-electron chi connectivity index (χ2n) is 3.20. The second kappa shape index (κ2) is 3.82. The number of nitrogens with zero attached hydrogens (tertiary/aromatic N) is 1. The van der Waals surface area contributed by atoms with Gasteiger partial charge in [0.2, 0.25) is 5.78 Å². The lowest BCUT2D eigenvalue weighted by molar-refractivity contribution is 0.103. The predicted molar refractivity (Wildman–Crippen MR) is 61.1 cm³/mol. The molecule has 15 heavy (non-hydrogen) atoms. The van der Waals surface area contributed by atoms with Crippen LogP contribution in [0.4, 0.5) is 5.69 Å². The molecule has 0 aliphatic rings. The molecule has 2 N–H and O–H groups in total. The maximum Gasteiger partial charge on any atom is 0.212 e. The van der Waals surface area contributed by atoms with Gasteiger partial charge in [-0.05, 0) is 31.2 Å². The number of thiazole rings is 1. The Labute approximate surface area is 91.6 Å². The van der Waals surface area contributed by atoms with Crippen LogP contribution in [-0.2, 0) is 0 Å². The second-order valence-corrected chi connectivity index (χ2v) is 4.27. The largest absolute Gasteiger partial charge is 0.399 e. The Hall–Kier alpha value is -1.68. The number of benzene rings is 1. The summed E-state index contributed by atoms with van der Waals surface area (Å²) in [5.74, 6) is -0.0562. The Balaban J connectivity index is 2.32. The highest BCUT2D eigenvalue weighted by atomic mass is 32.1. The van der Waals surface area contributed by atoms with Crippen molar-refractivity contribution in [3.63, 3.8) is 0 Å². The SMILES string of the molecule is Cc1nc(C(=O)c2ccc(N)cc2)cs1. The molecule has 0 atom stereocenters. The Morgan fingerprint density at radius 1 is 1.33 bits per heavy atom. The zero-order valence-electron chi connectivity index (χ0n) is 8.23. The molecule has 76 valence electrons. The third kappa shape index (κ3) is 2.05. The maximum atomic E-state index is 11.9. The van der Waals surface area contributed by atoms with E-state index in [1.807, 2.05) is 6.92 Å². The molecule has 0 amide bonds. The van der Waals surface area contributed by atoms with Crippen molar-refractivity contribution in [1.82, 2.24) is 4.98 Å². The minimum Gasteiger partial charge on any atom is -0.399 e. The lowest BCUT2D eigenvalue weighted by Gasteiger charge is -1.97. The van der Waals surface area contributed by atoms with Crippen LogP contribution in [0.5, 0.6) is 0 Å². The lowest BCUT2D eigenvalue weighted by Crippen LogP contribution is -2.01. The number of aryl methyl sites for hydroxylation is 1. The molecule has 0 aliphatic heterocycles. The van der Waals surface area contributed by atoms with E-state index in [-0.39, 0.29) is 5.78 Å². The number of carbonyl (C=O) groups is 1. The van der Waals surface area contributed by atoms with E-state index >= 15 is 0 Å². The van der Waals surface area contributed by atoms with Crippen molar-refractivity contribution in [1.29, 1.82) is 0 Å². The maximum absolute atomic E-state index is 11.9. The van der Waals surface area contributed by atoms with Crippen LogP contribution in [0.2, 0.25) is 0 Å². The first-order valence-corrected chi connectivity index (χ1v) is 5.37. The monoisotopic (exact) mass is 218 g/mol. The lowest BCUT2D eigenvalue weighted by atomic mass is 10.1. The summed E-state index contributed by atoms with van der Waals surface area (Å²) >= 11 is 1.47. The van der Waals surface area contributed by atoms with Crippen molar-refractivity contribution < 1.29 is 4.79 Å². The molecule has 0 unspecified atom stereocenters. The number of anilines is 1. The third-order valence-corrected chi connectivity index (χ3v) is 2.80. The molecule has 0 fully saturated rings. The summed E-state index contributed by atoms with van der Waals surface area (Å²) in [7, 11) is 0. The van der Waals surface area contributed by atoms with Gasteiger partial charge in [-0.1, -0.05) is 0 Å². The summed E-state index contributed by atoms with van der Waals surface area (Å²) in [6.45, 7) is 1.88. The van der Waals surface area contributed by atoms with E-state index in [0.29, 0.717) is 16.9 Å². The molecule has 0 bridgehead atoms. The van der Waals surface area contributed by atoms with Gasteiger partial charge in [0.25, 0.3) is 0 Å². The zero-order valence-corrected chi connectivity index (χ0v) is 9.04. The van der Waals surface area contributed by atoms with Crippen LogP contribution in [0.3, 0.4) is 0 Å². The van der Waals surface area contributed by atoms with Crippen LogP contribution in [0.1, 0.15) is 21.1 Å². The zero-order chi connectivity index (χ0) is 10.8. The first-order valence-electron chi connectivity index (χ1n) is 4.49. The summed E-state index contributed by atoms with van der Waals surface area (Å²) in [5.41, 5.74) is 7.32. The molecule has 0 saturated heterocycles. The van der Waals surface area contributed by atoms with Gasteiger partial charge in [0, 0.05) is 16.6 Å². The van der Waals surface area contributed by atoms with Crippen molar-refractivity contribution in [3.05, 3.63) is 45.9 Å². The molecule has 1 aromatic heterocycles. The summed E-state index contributed by atoms with van der Waals surface area (Å²) in [5, 5.41) is 2.67. The molecule has 1 heterocycles. The van der Waals surface area contributed by atoms with E-state index < -0.39 is 0 Å². The van der Waals surface area contributed by atoms with Gasteiger partial charge in [-0.25, -0.2) is 4.98 Å². The third-order valence-electron chi connectivity index (χ3n) is 2.02. The van der Waals surface area contributed by atoms with E-state index in [4.69, 9.17) is 5.73 Å². The van der Waals surface area contributed by atoms with Crippen molar-refractivity contribution >= 4 is 22.8 Å². The Morgan fingerprint density at radius 3 is 2.53 bits per heavy atom. The van der Waals surface area contributed by atoms with Gasteiger partial charge in [0.15, 0.2) is 0 Å². The van der Waals surface area contributed by atoms with E-state index in [9.17, 15) is 4.79 Å². The quantitative estimate of drug-likeness (QED) is 0.621. The standard InChI is InChI=1S/C11H10N2OS/c1-7-13-10(6-15-7)11(14)8-2-4-9(12)5-3-8/h2-6H,12H2,1H3. The fourth-order valence-electron chi connectivity index (χ4n) is 1.25. The minimum atomic E-state index is -0.0562. The molecule has 3 nitrogen and oxygen atoms in total. The number of hydrogen-bond donors (Lipinski definition) is 1. The molecular formula is C11H10N2OS.